The van der Waals surface area contributed by atoms with E-state index in [-0.39, 0.29) is 11.8 Å². The molecule has 4 rings (SSSR count). The van der Waals surface area contributed by atoms with Crippen LogP contribution in [0.4, 0.5) is 0 Å². The molecule has 1 aliphatic rings. The minimum atomic E-state index is -0.538. The van der Waals surface area contributed by atoms with E-state index < -0.39 is 6.04 Å². The Hall–Kier alpha value is -3.15. The zero-order chi connectivity index (χ0) is 17.4. The third-order valence-corrected chi connectivity index (χ3v) is 4.56. The van der Waals surface area contributed by atoms with Crippen LogP contribution in [0.3, 0.4) is 0 Å². The van der Waals surface area contributed by atoms with Gasteiger partial charge in [-0.05, 0) is 30.7 Å². The summed E-state index contributed by atoms with van der Waals surface area (Å²) in [5, 5.41) is 2.86. The maximum Gasteiger partial charge on any atom is 0.255 e. The van der Waals surface area contributed by atoms with Gasteiger partial charge < -0.3 is 15.2 Å². The zero-order valence-electron chi connectivity index (χ0n) is 13.8. The first-order valence-corrected chi connectivity index (χ1v) is 8.23. The molecule has 6 heteroatoms. The van der Waals surface area contributed by atoms with Crippen LogP contribution in [0.5, 0.6) is 0 Å². The number of nitrogens with one attached hydrogen (secondary N) is 2. The molecule has 2 amide bonds. The summed E-state index contributed by atoms with van der Waals surface area (Å²) in [7, 11) is 0. The maximum atomic E-state index is 12.5. The van der Waals surface area contributed by atoms with Crippen LogP contribution in [-0.4, -0.2) is 32.7 Å². The Morgan fingerprint density at radius 3 is 2.80 bits per heavy atom. The van der Waals surface area contributed by atoms with Gasteiger partial charge in [0.2, 0.25) is 5.91 Å². The Labute approximate surface area is 144 Å². The van der Waals surface area contributed by atoms with Crippen LogP contribution in [0, 0.1) is 0 Å². The summed E-state index contributed by atoms with van der Waals surface area (Å²) in [4.78, 5) is 34.1. The Morgan fingerprint density at radius 1 is 1.24 bits per heavy atom. The van der Waals surface area contributed by atoms with Crippen LogP contribution >= 0.6 is 0 Å². The lowest BCUT2D eigenvalue weighted by Crippen LogP contribution is -2.45. The van der Waals surface area contributed by atoms with Gasteiger partial charge in [-0.25, -0.2) is 4.98 Å². The van der Waals surface area contributed by atoms with E-state index in [4.69, 9.17) is 0 Å². The average Bonchev–Trinajstić information content (AvgIpc) is 3.20. The topological polar surface area (TPSA) is 78.1 Å². The zero-order valence-corrected chi connectivity index (χ0v) is 13.8. The summed E-state index contributed by atoms with van der Waals surface area (Å²) in [6.07, 6.45) is 0. The van der Waals surface area contributed by atoms with Crippen molar-refractivity contribution in [1.29, 1.82) is 0 Å². The van der Waals surface area contributed by atoms with Crippen molar-refractivity contribution in [3.05, 3.63) is 65.5 Å². The molecule has 2 heterocycles. The molecular formula is C19H18N4O2. The molecule has 1 aromatic heterocycles. The number of rotatable bonds is 4. The SMILES string of the molecule is CC(C(=O)NCc1nc2ccccc2[nH]1)N1Cc2ccccc2C1=O. The number of aromatic amines is 1. The van der Waals surface area contributed by atoms with Gasteiger partial charge in [0.25, 0.3) is 5.91 Å². The normalized spacial score (nSPS) is 14.6. The lowest BCUT2D eigenvalue weighted by molar-refractivity contribution is -0.125. The number of para-hydroxylation sites is 2. The fourth-order valence-corrected chi connectivity index (χ4v) is 3.14. The second kappa shape index (κ2) is 6.05. The monoisotopic (exact) mass is 334 g/mol. The molecule has 0 radical (unpaired) electrons. The Morgan fingerprint density at radius 2 is 2.00 bits per heavy atom. The highest BCUT2D eigenvalue weighted by atomic mass is 16.2. The highest BCUT2D eigenvalue weighted by molar-refractivity contribution is 6.01. The fourth-order valence-electron chi connectivity index (χ4n) is 3.14. The van der Waals surface area contributed by atoms with Crippen molar-refractivity contribution in [2.45, 2.75) is 26.1 Å². The van der Waals surface area contributed by atoms with Crippen molar-refractivity contribution >= 4 is 22.8 Å². The van der Waals surface area contributed by atoms with Gasteiger partial charge >= 0.3 is 0 Å². The highest BCUT2D eigenvalue weighted by Gasteiger charge is 2.33. The van der Waals surface area contributed by atoms with Crippen LogP contribution in [0.2, 0.25) is 0 Å². The molecule has 1 aliphatic heterocycles. The summed E-state index contributed by atoms with van der Waals surface area (Å²) in [6, 6.07) is 14.6. The van der Waals surface area contributed by atoms with Crippen molar-refractivity contribution in [3.8, 4) is 0 Å². The molecular weight excluding hydrogens is 316 g/mol. The summed E-state index contributed by atoms with van der Waals surface area (Å²) in [6.45, 7) is 2.51. The first kappa shape index (κ1) is 15.4. The number of aromatic nitrogens is 2. The smallest absolute Gasteiger partial charge is 0.255 e. The van der Waals surface area contributed by atoms with Gasteiger partial charge in [-0.2, -0.15) is 0 Å². The number of carbonyl (C=O) groups excluding carboxylic acids is 2. The van der Waals surface area contributed by atoms with Crippen LogP contribution in [0.15, 0.2) is 48.5 Å². The minimum absolute atomic E-state index is 0.0954. The van der Waals surface area contributed by atoms with Crippen LogP contribution in [0.1, 0.15) is 28.7 Å². The van der Waals surface area contributed by atoms with E-state index in [0.717, 1.165) is 16.6 Å². The average molecular weight is 334 g/mol. The van der Waals surface area contributed by atoms with E-state index in [1.807, 2.05) is 42.5 Å². The van der Waals surface area contributed by atoms with Gasteiger partial charge in [-0.15, -0.1) is 0 Å². The summed E-state index contributed by atoms with van der Waals surface area (Å²) < 4.78 is 0. The second-order valence-corrected chi connectivity index (χ2v) is 6.18. The first-order chi connectivity index (χ1) is 12.1. The fraction of sp³-hybridized carbons (Fsp3) is 0.211. The molecule has 25 heavy (non-hydrogen) atoms. The molecule has 6 nitrogen and oxygen atoms in total. The molecule has 3 aromatic rings. The lowest BCUT2D eigenvalue weighted by atomic mass is 10.1. The molecule has 1 unspecified atom stereocenters. The molecule has 0 spiro atoms. The second-order valence-electron chi connectivity index (χ2n) is 6.18. The van der Waals surface area contributed by atoms with Crippen molar-refractivity contribution in [2.24, 2.45) is 0 Å². The number of fused-ring (bicyclic) bond motifs is 2. The van der Waals surface area contributed by atoms with Crippen molar-refractivity contribution < 1.29 is 9.59 Å². The van der Waals surface area contributed by atoms with Gasteiger partial charge in [0, 0.05) is 12.1 Å². The summed E-state index contributed by atoms with van der Waals surface area (Å²) in [5.41, 5.74) is 3.44. The number of H-pyrrole nitrogens is 1. The molecule has 0 saturated carbocycles. The third kappa shape index (κ3) is 2.76. The first-order valence-electron chi connectivity index (χ1n) is 8.23. The lowest BCUT2D eigenvalue weighted by Gasteiger charge is -2.23. The van der Waals surface area contributed by atoms with Gasteiger partial charge in [-0.3, -0.25) is 9.59 Å². The quantitative estimate of drug-likeness (QED) is 0.768. The Bertz CT molecular complexity index is 930. The van der Waals surface area contributed by atoms with Gasteiger partial charge in [0.1, 0.15) is 11.9 Å². The standard InChI is InChI=1S/C19H18N4O2/c1-12(23-11-13-6-2-3-7-14(13)19(23)25)18(24)20-10-17-21-15-8-4-5-9-16(15)22-17/h2-9,12H,10-11H2,1H3,(H,20,24)(H,21,22). The van der Waals surface area contributed by atoms with Crippen molar-refractivity contribution in [1.82, 2.24) is 20.2 Å². The van der Waals surface area contributed by atoms with Crippen LogP contribution < -0.4 is 5.32 Å². The van der Waals surface area contributed by atoms with Gasteiger partial charge in [0.15, 0.2) is 0 Å². The summed E-state index contributed by atoms with van der Waals surface area (Å²) in [5.74, 6) is 0.404. The number of benzene rings is 2. The largest absolute Gasteiger partial charge is 0.347 e. The highest BCUT2D eigenvalue weighted by Crippen LogP contribution is 2.24. The molecule has 2 aromatic carbocycles. The van der Waals surface area contributed by atoms with Gasteiger partial charge in [-0.1, -0.05) is 30.3 Å². The Balaban J connectivity index is 1.42. The Kier molecular flexibility index (Phi) is 3.72. The molecule has 0 aliphatic carbocycles. The van der Waals surface area contributed by atoms with E-state index in [1.54, 1.807) is 17.9 Å². The number of carbonyl (C=O) groups is 2. The van der Waals surface area contributed by atoms with Crippen molar-refractivity contribution in [2.75, 3.05) is 0 Å². The number of hydrogen-bond acceptors (Lipinski definition) is 3. The molecule has 2 N–H and O–H groups in total. The number of nitrogens with zero attached hydrogens (tertiary/aromatic N) is 2. The molecule has 126 valence electrons. The summed E-state index contributed by atoms with van der Waals surface area (Å²) >= 11 is 0. The predicted molar refractivity (Wildman–Crippen MR) is 93.7 cm³/mol. The number of imidazole rings is 1. The van der Waals surface area contributed by atoms with E-state index >= 15 is 0 Å². The maximum absolute atomic E-state index is 12.5. The van der Waals surface area contributed by atoms with E-state index in [2.05, 4.69) is 15.3 Å². The van der Waals surface area contributed by atoms with Crippen LogP contribution in [0.25, 0.3) is 11.0 Å². The predicted octanol–water partition coefficient (Wildman–Crippen LogP) is 2.22. The molecule has 1 atom stereocenters. The van der Waals surface area contributed by atoms with Crippen LogP contribution in [-0.2, 0) is 17.9 Å². The molecule has 0 bridgehead atoms. The minimum Gasteiger partial charge on any atom is -0.347 e. The molecule has 0 fully saturated rings. The van der Waals surface area contributed by atoms with Crippen molar-refractivity contribution in [3.63, 3.8) is 0 Å². The van der Waals surface area contributed by atoms with E-state index in [1.165, 1.54) is 0 Å². The third-order valence-electron chi connectivity index (χ3n) is 4.56. The van der Waals surface area contributed by atoms with E-state index in [0.29, 0.717) is 24.5 Å². The molecule has 0 saturated heterocycles. The van der Waals surface area contributed by atoms with E-state index in [9.17, 15) is 9.59 Å². The number of amides is 2. The number of hydrogen-bond donors (Lipinski definition) is 2. The van der Waals surface area contributed by atoms with Gasteiger partial charge in [0.05, 0.1) is 17.6 Å².